The van der Waals surface area contributed by atoms with Gasteiger partial charge < -0.3 is 10.2 Å². The number of rotatable bonds is 1. The van der Waals surface area contributed by atoms with Crippen LogP contribution in [-0.2, 0) is 0 Å². The molecule has 0 bridgehead atoms. The molecule has 2 N–H and O–H groups in total. The first-order chi connectivity index (χ1) is 6.77. The second kappa shape index (κ2) is 3.29. The highest BCUT2D eigenvalue weighted by atomic mass is 16.3. The summed E-state index contributed by atoms with van der Waals surface area (Å²) in [4.78, 5) is 0. The van der Waals surface area contributed by atoms with Gasteiger partial charge in [-0.3, -0.25) is 0 Å². The number of hydrogen-bond acceptors (Lipinski definition) is 5. The van der Waals surface area contributed by atoms with E-state index in [1.807, 2.05) is 0 Å². The number of hydrogen-bond donors (Lipinski definition) is 2. The lowest BCUT2D eigenvalue weighted by Crippen LogP contribution is -1.89. The van der Waals surface area contributed by atoms with Crippen LogP contribution in [0, 0.1) is 0 Å². The zero-order chi connectivity index (χ0) is 9.97. The molecule has 0 radical (unpaired) electrons. The van der Waals surface area contributed by atoms with E-state index >= 15 is 0 Å². The highest BCUT2D eigenvalue weighted by Crippen LogP contribution is 2.29. The molecular weight excluding hydrogens is 182 g/mol. The molecule has 0 atom stereocenters. The van der Waals surface area contributed by atoms with Crippen molar-refractivity contribution >= 4 is 0 Å². The first-order valence-corrected chi connectivity index (χ1v) is 3.94. The maximum absolute atomic E-state index is 9.50. The minimum Gasteiger partial charge on any atom is -0.508 e. The maximum atomic E-state index is 9.50. The van der Waals surface area contributed by atoms with Crippen molar-refractivity contribution in [2.75, 3.05) is 0 Å². The fourth-order valence-corrected chi connectivity index (χ4v) is 1.12. The third kappa shape index (κ3) is 1.47. The number of benzene rings is 1. The molecule has 0 aliphatic rings. The van der Waals surface area contributed by atoms with Gasteiger partial charge >= 0.3 is 0 Å². The van der Waals surface area contributed by atoms with Crippen molar-refractivity contribution in [3.8, 4) is 22.8 Å². The molecule has 2 aromatic rings. The Hall–Kier alpha value is -2.17. The van der Waals surface area contributed by atoms with Crippen molar-refractivity contribution in [3.05, 3.63) is 30.5 Å². The van der Waals surface area contributed by atoms with Crippen LogP contribution in [0.4, 0.5) is 0 Å². The molecule has 0 saturated carbocycles. The third-order valence-corrected chi connectivity index (χ3v) is 1.76. The fourth-order valence-electron chi connectivity index (χ4n) is 1.12. The summed E-state index contributed by atoms with van der Waals surface area (Å²) in [5, 5.41) is 29.3. The van der Waals surface area contributed by atoms with E-state index in [0.29, 0.717) is 11.3 Å². The Balaban J connectivity index is 2.53. The molecule has 5 nitrogen and oxygen atoms in total. The predicted octanol–water partition coefficient (Wildman–Crippen LogP) is 0.950. The van der Waals surface area contributed by atoms with E-state index in [2.05, 4.69) is 15.4 Å². The van der Waals surface area contributed by atoms with Gasteiger partial charge in [0.2, 0.25) is 0 Å². The second-order valence-corrected chi connectivity index (χ2v) is 2.71. The number of aromatic nitrogens is 3. The Morgan fingerprint density at radius 2 is 1.93 bits per heavy atom. The molecule has 0 saturated heterocycles. The largest absolute Gasteiger partial charge is 0.508 e. The highest BCUT2D eigenvalue weighted by molar-refractivity contribution is 5.67. The SMILES string of the molecule is Oc1ccc(-c2ccnnn2)c(O)c1. The number of phenolic OH excluding ortho intramolecular Hbond substituents is 2. The van der Waals surface area contributed by atoms with Gasteiger partial charge in [-0.2, -0.15) is 0 Å². The molecule has 70 valence electrons. The summed E-state index contributed by atoms with van der Waals surface area (Å²) in [5.74, 6) is -0.0289. The average Bonchev–Trinajstić information content (AvgIpc) is 2.19. The highest BCUT2D eigenvalue weighted by Gasteiger charge is 2.05. The Bertz CT molecular complexity index is 445. The first-order valence-electron chi connectivity index (χ1n) is 3.94. The van der Waals surface area contributed by atoms with Gasteiger partial charge in [0.15, 0.2) is 0 Å². The molecule has 0 aliphatic carbocycles. The average molecular weight is 189 g/mol. The summed E-state index contributed by atoms with van der Waals surface area (Å²) in [5.41, 5.74) is 1.02. The summed E-state index contributed by atoms with van der Waals surface area (Å²) in [7, 11) is 0. The number of aromatic hydroxyl groups is 2. The van der Waals surface area contributed by atoms with Crippen LogP contribution in [0.3, 0.4) is 0 Å². The summed E-state index contributed by atoms with van der Waals surface area (Å²) < 4.78 is 0. The van der Waals surface area contributed by atoms with Gasteiger partial charge in [-0.05, 0) is 23.4 Å². The van der Waals surface area contributed by atoms with Crippen molar-refractivity contribution in [3.63, 3.8) is 0 Å². The topological polar surface area (TPSA) is 79.1 Å². The Morgan fingerprint density at radius 3 is 2.57 bits per heavy atom. The normalized spacial score (nSPS) is 10.0. The van der Waals surface area contributed by atoms with Crippen molar-refractivity contribution in [2.24, 2.45) is 0 Å². The van der Waals surface area contributed by atoms with Crippen LogP contribution in [0.25, 0.3) is 11.3 Å². The van der Waals surface area contributed by atoms with E-state index in [-0.39, 0.29) is 11.5 Å². The van der Waals surface area contributed by atoms with E-state index in [1.165, 1.54) is 18.3 Å². The quantitative estimate of drug-likeness (QED) is 0.698. The summed E-state index contributed by atoms with van der Waals surface area (Å²) in [6, 6.07) is 5.91. The molecule has 1 heterocycles. The molecule has 1 aromatic carbocycles. The smallest absolute Gasteiger partial charge is 0.128 e. The molecule has 5 heteroatoms. The minimum atomic E-state index is -0.0366. The standard InChI is InChI=1S/C9H7N3O2/c13-6-1-2-7(9(14)5-6)8-3-4-10-12-11-8/h1-5,13-14H. The minimum absolute atomic E-state index is 0.00765. The third-order valence-electron chi connectivity index (χ3n) is 1.76. The van der Waals surface area contributed by atoms with Crippen LogP contribution in [0.1, 0.15) is 0 Å². The van der Waals surface area contributed by atoms with Gasteiger partial charge in [0.05, 0.1) is 11.9 Å². The van der Waals surface area contributed by atoms with Gasteiger partial charge in [-0.1, -0.05) is 0 Å². The Labute approximate surface area is 79.7 Å². The van der Waals surface area contributed by atoms with Gasteiger partial charge in [0.1, 0.15) is 11.5 Å². The van der Waals surface area contributed by atoms with Crippen LogP contribution < -0.4 is 0 Å². The summed E-state index contributed by atoms with van der Waals surface area (Å²) in [6.45, 7) is 0. The number of phenols is 2. The van der Waals surface area contributed by atoms with Crippen molar-refractivity contribution in [1.29, 1.82) is 0 Å². The van der Waals surface area contributed by atoms with E-state index in [4.69, 9.17) is 5.11 Å². The van der Waals surface area contributed by atoms with Crippen molar-refractivity contribution < 1.29 is 10.2 Å². The molecule has 0 fully saturated rings. The van der Waals surface area contributed by atoms with Crippen LogP contribution in [0.2, 0.25) is 0 Å². The van der Waals surface area contributed by atoms with Crippen LogP contribution in [-0.4, -0.2) is 25.6 Å². The van der Waals surface area contributed by atoms with Crippen molar-refractivity contribution in [1.82, 2.24) is 15.4 Å². The van der Waals surface area contributed by atoms with Crippen LogP contribution >= 0.6 is 0 Å². The van der Waals surface area contributed by atoms with Crippen LogP contribution in [0.15, 0.2) is 30.5 Å². The van der Waals surface area contributed by atoms with Crippen LogP contribution in [0.5, 0.6) is 11.5 Å². The van der Waals surface area contributed by atoms with Gasteiger partial charge in [0, 0.05) is 11.6 Å². The maximum Gasteiger partial charge on any atom is 0.128 e. The number of nitrogens with zero attached hydrogens (tertiary/aromatic N) is 3. The molecule has 0 amide bonds. The Kier molecular flexibility index (Phi) is 1.98. The predicted molar refractivity (Wildman–Crippen MR) is 48.6 cm³/mol. The summed E-state index contributed by atoms with van der Waals surface area (Å²) in [6.07, 6.45) is 1.48. The van der Waals surface area contributed by atoms with E-state index in [1.54, 1.807) is 12.1 Å². The summed E-state index contributed by atoms with van der Waals surface area (Å²) >= 11 is 0. The second-order valence-electron chi connectivity index (χ2n) is 2.71. The molecule has 14 heavy (non-hydrogen) atoms. The van der Waals surface area contributed by atoms with Gasteiger partial charge in [-0.25, -0.2) is 0 Å². The molecule has 2 rings (SSSR count). The lowest BCUT2D eigenvalue weighted by molar-refractivity contribution is 0.451. The molecule has 1 aromatic heterocycles. The first kappa shape index (κ1) is 8.43. The molecular formula is C9H7N3O2. The van der Waals surface area contributed by atoms with E-state index < -0.39 is 0 Å². The van der Waals surface area contributed by atoms with E-state index in [0.717, 1.165) is 0 Å². The fraction of sp³-hybridized carbons (Fsp3) is 0. The Morgan fingerprint density at radius 1 is 1.07 bits per heavy atom. The lowest BCUT2D eigenvalue weighted by Gasteiger charge is -2.02. The van der Waals surface area contributed by atoms with Gasteiger partial charge in [-0.15, -0.1) is 10.2 Å². The molecule has 0 unspecified atom stereocenters. The van der Waals surface area contributed by atoms with E-state index in [9.17, 15) is 5.11 Å². The monoisotopic (exact) mass is 189 g/mol. The lowest BCUT2D eigenvalue weighted by atomic mass is 10.1. The molecule has 0 spiro atoms. The van der Waals surface area contributed by atoms with Gasteiger partial charge in [0.25, 0.3) is 0 Å². The zero-order valence-electron chi connectivity index (χ0n) is 7.12. The van der Waals surface area contributed by atoms with Crippen molar-refractivity contribution in [2.45, 2.75) is 0 Å². The molecule has 0 aliphatic heterocycles. The zero-order valence-corrected chi connectivity index (χ0v) is 7.12.